The molecule has 1 heterocycles. The van der Waals surface area contributed by atoms with Crippen LogP contribution >= 0.6 is 11.3 Å². The van der Waals surface area contributed by atoms with E-state index in [0.717, 1.165) is 21.9 Å². The third-order valence-corrected chi connectivity index (χ3v) is 4.97. The fourth-order valence-electron chi connectivity index (χ4n) is 2.70. The minimum absolute atomic E-state index is 0.361. The molecule has 0 bridgehead atoms. The van der Waals surface area contributed by atoms with Crippen LogP contribution in [0.4, 0.5) is 4.39 Å². The number of halogens is 1. The Balaban J connectivity index is 1.97. The number of aryl methyl sites for hydroxylation is 1. The van der Waals surface area contributed by atoms with Crippen molar-refractivity contribution in [2.75, 3.05) is 6.61 Å². The van der Waals surface area contributed by atoms with E-state index in [2.05, 4.69) is 4.99 Å². The van der Waals surface area contributed by atoms with Gasteiger partial charge in [0.2, 0.25) is 0 Å². The molecule has 0 aliphatic heterocycles. The van der Waals surface area contributed by atoms with Crippen LogP contribution < -0.4 is 9.54 Å². The largest absolute Gasteiger partial charge is 0.494 e. The van der Waals surface area contributed by atoms with Crippen LogP contribution in [0, 0.1) is 12.7 Å². The molecule has 0 aliphatic rings. The molecule has 0 atom stereocenters. The van der Waals surface area contributed by atoms with Gasteiger partial charge in [0, 0.05) is 17.5 Å². The second-order valence-corrected chi connectivity index (χ2v) is 6.91. The Bertz CT molecular complexity index is 986. The Morgan fingerprint density at radius 3 is 2.42 bits per heavy atom. The predicted octanol–water partition coefficient (Wildman–Crippen LogP) is 4.34. The molecular weight excluding hydrogens is 351 g/mol. The number of ether oxygens (including phenoxy) is 1. The molecule has 0 N–H and O–H groups in total. The summed E-state index contributed by atoms with van der Waals surface area (Å²) >= 11 is 1.45. The van der Waals surface area contributed by atoms with Gasteiger partial charge < -0.3 is 9.30 Å². The van der Waals surface area contributed by atoms with E-state index in [4.69, 9.17) is 4.74 Å². The first kappa shape index (κ1) is 18.1. The maximum absolute atomic E-state index is 13.0. The first-order valence-corrected chi connectivity index (χ1v) is 9.05. The Kier molecular flexibility index (Phi) is 5.32. The average Bonchev–Trinajstić information content (AvgIpc) is 2.90. The second kappa shape index (κ2) is 7.66. The number of thiazole rings is 1. The van der Waals surface area contributed by atoms with E-state index in [0.29, 0.717) is 17.0 Å². The van der Waals surface area contributed by atoms with Gasteiger partial charge in [0.1, 0.15) is 11.6 Å². The molecule has 0 saturated carbocycles. The summed E-state index contributed by atoms with van der Waals surface area (Å²) in [6, 6.07) is 13.2. The predicted molar refractivity (Wildman–Crippen MR) is 101 cm³/mol. The molecule has 26 heavy (non-hydrogen) atoms. The Hall–Kier alpha value is -2.73. The van der Waals surface area contributed by atoms with Gasteiger partial charge in [-0.1, -0.05) is 0 Å². The van der Waals surface area contributed by atoms with Crippen LogP contribution in [0.2, 0.25) is 0 Å². The topological polar surface area (TPSA) is 43.6 Å². The summed E-state index contributed by atoms with van der Waals surface area (Å²) in [6.07, 6.45) is 0. The smallest absolute Gasteiger partial charge is 0.279 e. The molecule has 0 unspecified atom stereocenters. The van der Waals surface area contributed by atoms with Crippen molar-refractivity contribution in [1.29, 1.82) is 0 Å². The highest BCUT2D eigenvalue weighted by molar-refractivity contribution is 7.09. The van der Waals surface area contributed by atoms with Crippen LogP contribution in [-0.2, 0) is 7.05 Å². The molecule has 0 spiro atoms. The summed E-state index contributed by atoms with van der Waals surface area (Å²) in [7, 11) is 1.88. The molecular formula is C20H19FN2O2S. The fraction of sp³-hybridized carbons (Fsp3) is 0.200. The van der Waals surface area contributed by atoms with Gasteiger partial charge in [0.15, 0.2) is 4.80 Å². The maximum atomic E-state index is 13.0. The number of aromatic nitrogens is 1. The van der Waals surface area contributed by atoms with E-state index >= 15 is 0 Å². The summed E-state index contributed by atoms with van der Waals surface area (Å²) in [5, 5.41) is 0. The van der Waals surface area contributed by atoms with E-state index < -0.39 is 0 Å². The highest BCUT2D eigenvalue weighted by Gasteiger charge is 2.12. The summed E-state index contributed by atoms with van der Waals surface area (Å²) in [6.45, 7) is 4.57. The van der Waals surface area contributed by atoms with Gasteiger partial charge in [0.05, 0.1) is 12.3 Å². The molecule has 1 amide bonds. The number of hydrogen-bond acceptors (Lipinski definition) is 3. The highest BCUT2D eigenvalue weighted by Crippen LogP contribution is 2.26. The minimum atomic E-state index is -0.389. The molecule has 3 rings (SSSR count). The summed E-state index contributed by atoms with van der Waals surface area (Å²) < 4.78 is 20.4. The van der Waals surface area contributed by atoms with Gasteiger partial charge in [-0.05, 0) is 67.9 Å². The van der Waals surface area contributed by atoms with Crippen LogP contribution in [0.3, 0.4) is 0 Å². The molecule has 0 radical (unpaired) electrons. The van der Waals surface area contributed by atoms with Crippen LogP contribution in [-0.4, -0.2) is 17.1 Å². The second-order valence-electron chi connectivity index (χ2n) is 5.73. The highest BCUT2D eigenvalue weighted by atomic mass is 32.1. The molecule has 0 fully saturated rings. The number of amides is 1. The van der Waals surface area contributed by atoms with Gasteiger partial charge >= 0.3 is 0 Å². The van der Waals surface area contributed by atoms with Gasteiger partial charge in [0.25, 0.3) is 5.91 Å². The summed E-state index contributed by atoms with van der Waals surface area (Å²) in [4.78, 5) is 18.2. The van der Waals surface area contributed by atoms with Crippen molar-refractivity contribution in [3.8, 4) is 17.0 Å². The zero-order valence-electron chi connectivity index (χ0n) is 14.8. The lowest BCUT2D eigenvalue weighted by Crippen LogP contribution is -2.14. The van der Waals surface area contributed by atoms with E-state index in [1.165, 1.54) is 35.6 Å². The van der Waals surface area contributed by atoms with Crippen LogP contribution in [0.15, 0.2) is 53.5 Å². The number of carbonyl (C=O) groups excluding carboxylic acids is 1. The first-order valence-electron chi connectivity index (χ1n) is 8.24. The monoisotopic (exact) mass is 370 g/mol. The quantitative estimate of drug-likeness (QED) is 0.686. The van der Waals surface area contributed by atoms with Gasteiger partial charge in [-0.15, -0.1) is 11.3 Å². The summed E-state index contributed by atoms with van der Waals surface area (Å²) in [5.41, 5.74) is 2.39. The number of carbonyl (C=O) groups is 1. The molecule has 134 valence electrons. The molecule has 2 aromatic carbocycles. The van der Waals surface area contributed by atoms with Crippen molar-refractivity contribution < 1.29 is 13.9 Å². The first-order chi connectivity index (χ1) is 12.5. The summed E-state index contributed by atoms with van der Waals surface area (Å²) in [5.74, 6) is 0.0557. The van der Waals surface area contributed by atoms with Crippen molar-refractivity contribution in [2.24, 2.45) is 12.0 Å². The number of nitrogens with zero attached hydrogens (tertiary/aromatic N) is 2. The van der Waals surface area contributed by atoms with E-state index in [9.17, 15) is 9.18 Å². The standard InChI is InChI=1S/C20H19FN2O2S/c1-4-25-17-11-7-14(8-12-17)18-13(2)26-20(23(18)3)22-19(24)15-5-9-16(21)10-6-15/h5-12H,4H2,1-3H3. The average molecular weight is 370 g/mol. The molecule has 1 aromatic heterocycles. The lowest BCUT2D eigenvalue weighted by Gasteiger charge is -2.07. The molecule has 4 nitrogen and oxygen atoms in total. The third kappa shape index (κ3) is 3.75. The Morgan fingerprint density at radius 1 is 1.15 bits per heavy atom. The van der Waals surface area contributed by atoms with Gasteiger partial charge in [-0.25, -0.2) is 4.39 Å². The van der Waals surface area contributed by atoms with Gasteiger partial charge in [-0.2, -0.15) is 4.99 Å². The minimum Gasteiger partial charge on any atom is -0.494 e. The number of rotatable bonds is 4. The third-order valence-electron chi connectivity index (χ3n) is 3.93. The van der Waals surface area contributed by atoms with Gasteiger partial charge in [-0.3, -0.25) is 4.79 Å². The van der Waals surface area contributed by atoms with Crippen molar-refractivity contribution >= 4 is 17.2 Å². The van der Waals surface area contributed by atoms with Crippen LogP contribution in [0.1, 0.15) is 22.2 Å². The molecule has 6 heteroatoms. The van der Waals surface area contributed by atoms with Crippen molar-refractivity contribution in [1.82, 2.24) is 4.57 Å². The lowest BCUT2D eigenvalue weighted by molar-refractivity contribution is 0.0998. The zero-order valence-corrected chi connectivity index (χ0v) is 15.6. The zero-order chi connectivity index (χ0) is 18.7. The van der Waals surface area contributed by atoms with Crippen molar-refractivity contribution in [3.05, 3.63) is 69.6 Å². The van der Waals surface area contributed by atoms with E-state index in [-0.39, 0.29) is 11.7 Å². The van der Waals surface area contributed by atoms with Crippen molar-refractivity contribution in [2.45, 2.75) is 13.8 Å². The van der Waals surface area contributed by atoms with Crippen molar-refractivity contribution in [3.63, 3.8) is 0 Å². The molecule has 0 aliphatic carbocycles. The number of hydrogen-bond donors (Lipinski definition) is 0. The van der Waals surface area contributed by atoms with Crippen LogP contribution in [0.5, 0.6) is 5.75 Å². The Morgan fingerprint density at radius 2 is 1.81 bits per heavy atom. The maximum Gasteiger partial charge on any atom is 0.279 e. The fourth-order valence-corrected chi connectivity index (χ4v) is 3.68. The number of benzene rings is 2. The van der Waals surface area contributed by atoms with Crippen LogP contribution in [0.25, 0.3) is 11.3 Å². The molecule has 3 aromatic rings. The van der Waals surface area contributed by atoms with E-state index in [1.54, 1.807) is 0 Å². The molecule has 0 saturated heterocycles. The van der Waals surface area contributed by atoms with E-state index in [1.807, 2.05) is 49.7 Å². The SMILES string of the molecule is CCOc1ccc(-c2c(C)sc(=NC(=O)c3ccc(F)cc3)n2C)cc1. The lowest BCUT2D eigenvalue weighted by atomic mass is 10.1. The Labute approximate surface area is 155 Å². The normalized spacial score (nSPS) is 11.6.